The molecule has 138 valence electrons. The highest BCUT2D eigenvalue weighted by molar-refractivity contribution is 5.94. The van der Waals surface area contributed by atoms with Gasteiger partial charge in [-0.3, -0.25) is 4.79 Å². The van der Waals surface area contributed by atoms with Crippen LogP contribution in [0.2, 0.25) is 0 Å². The molecule has 0 radical (unpaired) electrons. The minimum Gasteiger partial charge on any atom is -0.363 e. The maximum atomic E-state index is 12.5. The van der Waals surface area contributed by atoms with E-state index in [4.69, 9.17) is 5.26 Å². The maximum Gasteiger partial charge on any atom is 0.224 e. The Morgan fingerprint density at radius 2 is 2.00 bits per heavy atom. The van der Waals surface area contributed by atoms with Gasteiger partial charge in [0, 0.05) is 24.6 Å². The number of rotatable bonds is 3. The predicted octanol–water partition coefficient (Wildman–Crippen LogP) is 4.20. The molecule has 27 heavy (non-hydrogen) atoms. The molecule has 2 aromatic rings. The molecule has 1 fully saturated rings. The summed E-state index contributed by atoms with van der Waals surface area (Å²) in [5.74, 6) is 1.70. The van der Waals surface area contributed by atoms with E-state index in [0.29, 0.717) is 11.5 Å². The van der Waals surface area contributed by atoms with Gasteiger partial charge in [0.1, 0.15) is 11.9 Å². The number of carbonyl (C=O) groups excluding carboxylic acids is 1. The van der Waals surface area contributed by atoms with Crippen molar-refractivity contribution in [3.05, 3.63) is 53.2 Å². The number of para-hydroxylation sites is 1. The molecular weight excluding hydrogens is 336 g/mol. The highest BCUT2D eigenvalue weighted by Crippen LogP contribution is 2.49. The molecular formula is C22H24N4O. The molecule has 1 saturated carbocycles. The van der Waals surface area contributed by atoms with Crippen LogP contribution < -0.4 is 10.2 Å². The van der Waals surface area contributed by atoms with Crippen molar-refractivity contribution < 1.29 is 4.79 Å². The first-order chi connectivity index (χ1) is 13.0. The fraction of sp³-hybridized carbons (Fsp3) is 0.409. The number of pyridine rings is 1. The van der Waals surface area contributed by atoms with Gasteiger partial charge in [-0.1, -0.05) is 25.1 Å². The van der Waals surface area contributed by atoms with Crippen LogP contribution in [0.1, 0.15) is 49.6 Å². The van der Waals surface area contributed by atoms with Gasteiger partial charge in [0.2, 0.25) is 5.91 Å². The van der Waals surface area contributed by atoms with Crippen LogP contribution in [-0.4, -0.2) is 16.9 Å². The Morgan fingerprint density at radius 1 is 1.26 bits per heavy atom. The summed E-state index contributed by atoms with van der Waals surface area (Å²) in [5, 5.41) is 12.7. The number of amides is 1. The third-order valence-corrected chi connectivity index (χ3v) is 5.85. The van der Waals surface area contributed by atoms with E-state index in [9.17, 15) is 4.79 Å². The number of nitrogens with one attached hydrogen (secondary N) is 1. The third-order valence-electron chi connectivity index (χ3n) is 5.85. The number of aromatic nitrogens is 1. The summed E-state index contributed by atoms with van der Waals surface area (Å²) < 4.78 is 0. The van der Waals surface area contributed by atoms with E-state index in [1.165, 1.54) is 12.8 Å². The molecule has 3 atom stereocenters. The number of carbonyl (C=O) groups is 1. The number of benzene rings is 1. The molecule has 2 aliphatic rings. The Bertz CT molecular complexity index is 928. The van der Waals surface area contributed by atoms with E-state index in [-0.39, 0.29) is 23.9 Å². The summed E-state index contributed by atoms with van der Waals surface area (Å²) >= 11 is 0. The molecule has 0 spiro atoms. The van der Waals surface area contributed by atoms with Crippen molar-refractivity contribution in [2.75, 3.05) is 10.2 Å². The van der Waals surface area contributed by atoms with Crippen molar-refractivity contribution in [2.45, 2.75) is 45.7 Å². The van der Waals surface area contributed by atoms with Crippen LogP contribution in [0, 0.1) is 30.1 Å². The first-order valence-electron chi connectivity index (χ1n) is 9.54. The molecule has 0 bridgehead atoms. The van der Waals surface area contributed by atoms with E-state index < -0.39 is 0 Å². The zero-order chi connectivity index (χ0) is 19.1. The Labute approximate surface area is 160 Å². The minimum atomic E-state index is 0.0715. The number of hydrogen-bond acceptors (Lipinski definition) is 4. The number of hydrogen-bond donors (Lipinski definition) is 1. The number of anilines is 2. The van der Waals surface area contributed by atoms with Crippen molar-refractivity contribution in [3.63, 3.8) is 0 Å². The average Bonchev–Trinajstić information content (AvgIpc) is 3.48. The molecule has 1 aliphatic heterocycles. The maximum absolute atomic E-state index is 12.5. The third kappa shape index (κ3) is 3.06. The van der Waals surface area contributed by atoms with Gasteiger partial charge in [-0.05, 0) is 49.4 Å². The van der Waals surface area contributed by atoms with Gasteiger partial charge in [0.15, 0.2) is 0 Å². The van der Waals surface area contributed by atoms with Gasteiger partial charge in [0.05, 0.1) is 17.3 Å². The standard InChI is InChI=1S/C22H24N4O/c1-13-21(25-20-11-10-17(12-23)14(2)24-20)18-6-4-5-7-19(18)26(15(3)27)22(13)16-8-9-16/h4-7,10-11,13,16,21-22H,8-9H2,1-3H3,(H,24,25)/t13-,21-,22-/m1/s1. The largest absolute Gasteiger partial charge is 0.363 e. The fourth-order valence-corrected chi connectivity index (χ4v) is 4.43. The van der Waals surface area contributed by atoms with Crippen molar-refractivity contribution in [2.24, 2.45) is 11.8 Å². The molecule has 4 rings (SSSR count). The molecule has 0 saturated heterocycles. The van der Waals surface area contributed by atoms with Crippen LogP contribution in [0.5, 0.6) is 0 Å². The summed E-state index contributed by atoms with van der Waals surface area (Å²) in [6.45, 7) is 5.74. The highest BCUT2D eigenvalue weighted by Gasteiger charge is 2.47. The zero-order valence-corrected chi connectivity index (χ0v) is 15.9. The van der Waals surface area contributed by atoms with Gasteiger partial charge in [-0.2, -0.15) is 5.26 Å². The smallest absolute Gasteiger partial charge is 0.224 e. The first kappa shape index (κ1) is 17.5. The van der Waals surface area contributed by atoms with Crippen molar-refractivity contribution >= 4 is 17.4 Å². The summed E-state index contributed by atoms with van der Waals surface area (Å²) in [6, 6.07) is 14.3. The van der Waals surface area contributed by atoms with Crippen LogP contribution in [0.4, 0.5) is 11.5 Å². The van der Waals surface area contributed by atoms with Crippen LogP contribution in [0.3, 0.4) is 0 Å². The summed E-state index contributed by atoms with van der Waals surface area (Å²) in [5.41, 5.74) is 3.45. The SMILES string of the molecule is CC(=O)N1c2ccccc2[C@H](Nc2ccc(C#N)c(C)n2)[C@@H](C)[C@@H]1C1CC1. The zero-order valence-electron chi connectivity index (χ0n) is 15.9. The fourth-order valence-electron chi connectivity index (χ4n) is 4.43. The summed E-state index contributed by atoms with van der Waals surface area (Å²) in [6.07, 6.45) is 2.36. The predicted molar refractivity (Wildman–Crippen MR) is 105 cm³/mol. The Balaban J connectivity index is 1.75. The number of nitrogens with zero attached hydrogens (tertiary/aromatic N) is 3. The van der Waals surface area contributed by atoms with E-state index in [1.807, 2.05) is 42.2 Å². The van der Waals surface area contributed by atoms with Crippen LogP contribution >= 0.6 is 0 Å². The Morgan fingerprint density at radius 3 is 2.63 bits per heavy atom. The molecule has 5 heteroatoms. The molecule has 1 aromatic heterocycles. The van der Waals surface area contributed by atoms with Gasteiger partial charge >= 0.3 is 0 Å². The second kappa shape index (κ2) is 6.70. The first-order valence-corrected chi connectivity index (χ1v) is 9.54. The van der Waals surface area contributed by atoms with E-state index in [1.54, 1.807) is 6.92 Å². The second-order valence-electron chi connectivity index (χ2n) is 7.70. The lowest BCUT2D eigenvalue weighted by Crippen LogP contribution is -2.51. The quantitative estimate of drug-likeness (QED) is 0.891. The Hall–Kier alpha value is -2.87. The second-order valence-corrected chi connectivity index (χ2v) is 7.70. The number of fused-ring (bicyclic) bond motifs is 1. The summed E-state index contributed by atoms with van der Waals surface area (Å²) in [7, 11) is 0. The van der Waals surface area contributed by atoms with Gasteiger partial charge in [-0.25, -0.2) is 4.98 Å². The van der Waals surface area contributed by atoms with E-state index in [2.05, 4.69) is 29.4 Å². The topological polar surface area (TPSA) is 69.0 Å². The molecule has 2 heterocycles. The molecule has 1 aliphatic carbocycles. The van der Waals surface area contributed by atoms with Gasteiger partial charge in [-0.15, -0.1) is 0 Å². The lowest BCUT2D eigenvalue weighted by atomic mass is 9.80. The lowest BCUT2D eigenvalue weighted by molar-refractivity contribution is -0.117. The molecule has 5 nitrogen and oxygen atoms in total. The van der Waals surface area contributed by atoms with Crippen molar-refractivity contribution in [3.8, 4) is 6.07 Å². The molecule has 1 amide bonds. The van der Waals surface area contributed by atoms with Crippen LogP contribution in [0.25, 0.3) is 0 Å². The summed E-state index contributed by atoms with van der Waals surface area (Å²) in [4.78, 5) is 19.1. The van der Waals surface area contributed by atoms with Crippen molar-refractivity contribution in [1.82, 2.24) is 4.98 Å². The Kier molecular flexibility index (Phi) is 4.35. The van der Waals surface area contributed by atoms with Crippen LogP contribution in [0.15, 0.2) is 36.4 Å². The number of nitriles is 1. The molecule has 1 aromatic carbocycles. The average molecular weight is 360 g/mol. The normalized spacial score (nSPS) is 24.1. The van der Waals surface area contributed by atoms with Crippen LogP contribution in [-0.2, 0) is 4.79 Å². The van der Waals surface area contributed by atoms with Crippen molar-refractivity contribution in [1.29, 1.82) is 5.26 Å². The van der Waals surface area contributed by atoms with E-state index in [0.717, 1.165) is 22.8 Å². The lowest BCUT2D eigenvalue weighted by Gasteiger charge is -2.45. The van der Waals surface area contributed by atoms with Gasteiger partial charge in [0.25, 0.3) is 0 Å². The van der Waals surface area contributed by atoms with E-state index >= 15 is 0 Å². The highest BCUT2D eigenvalue weighted by atomic mass is 16.2. The van der Waals surface area contributed by atoms with Gasteiger partial charge < -0.3 is 10.2 Å². The molecule has 0 unspecified atom stereocenters. The number of aryl methyl sites for hydroxylation is 1. The minimum absolute atomic E-state index is 0.0715. The monoisotopic (exact) mass is 360 g/mol. The molecule has 1 N–H and O–H groups in total.